The maximum Gasteiger partial charge on any atom is 0.137 e. The van der Waals surface area contributed by atoms with E-state index in [0.717, 1.165) is 31.9 Å². The van der Waals surface area contributed by atoms with Crippen LogP contribution in [0.25, 0.3) is 0 Å². The van der Waals surface area contributed by atoms with Crippen molar-refractivity contribution in [3.63, 3.8) is 0 Å². The zero-order chi connectivity index (χ0) is 16.2. The van der Waals surface area contributed by atoms with Crippen LogP contribution in [0.5, 0.6) is 5.75 Å². The summed E-state index contributed by atoms with van der Waals surface area (Å²) >= 11 is 0. The minimum atomic E-state index is 0.178. The van der Waals surface area contributed by atoms with Crippen molar-refractivity contribution in [2.45, 2.75) is 25.6 Å². The maximum atomic E-state index is 5.58. The first-order chi connectivity index (χ1) is 11.9. The summed E-state index contributed by atoms with van der Waals surface area (Å²) in [6.45, 7) is 2.35. The Bertz CT molecular complexity index is 786. The van der Waals surface area contributed by atoms with Gasteiger partial charge in [0.15, 0.2) is 0 Å². The highest BCUT2D eigenvalue weighted by Crippen LogP contribution is 2.26. The lowest BCUT2D eigenvalue weighted by atomic mass is 10.1. The SMILES string of the molecule is c1ccc(C(Cn2cncn2)NCc2ccc3c(c2)CCO3)cc1. The molecule has 1 aromatic heterocycles. The molecule has 0 amide bonds. The summed E-state index contributed by atoms with van der Waals surface area (Å²) in [6, 6.07) is 17.1. The molecule has 2 heterocycles. The zero-order valence-electron chi connectivity index (χ0n) is 13.4. The quantitative estimate of drug-likeness (QED) is 0.759. The minimum Gasteiger partial charge on any atom is -0.493 e. The van der Waals surface area contributed by atoms with E-state index in [1.54, 1.807) is 12.7 Å². The van der Waals surface area contributed by atoms with Gasteiger partial charge in [0.05, 0.1) is 19.2 Å². The normalized spacial score (nSPS) is 14.2. The standard InChI is InChI=1S/C19H20N4O/c1-2-4-16(5-3-1)18(12-23-14-20-13-22-23)21-11-15-6-7-19-17(10-15)8-9-24-19/h1-7,10,13-14,18,21H,8-9,11-12H2. The summed E-state index contributed by atoms with van der Waals surface area (Å²) in [5.41, 5.74) is 3.83. The van der Waals surface area contributed by atoms with Crippen LogP contribution in [0.3, 0.4) is 0 Å². The van der Waals surface area contributed by atoms with Gasteiger partial charge in [-0.05, 0) is 22.8 Å². The lowest BCUT2D eigenvalue weighted by Crippen LogP contribution is -2.25. The van der Waals surface area contributed by atoms with Crippen LogP contribution in [-0.4, -0.2) is 21.4 Å². The van der Waals surface area contributed by atoms with E-state index >= 15 is 0 Å². The van der Waals surface area contributed by atoms with Crippen LogP contribution in [0.15, 0.2) is 61.2 Å². The minimum absolute atomic E-state index is 0.178. The van der Waals surface area contributed by atoms with Crippen LogP contribution in [0.4, 0.5) is 0 Å². The first-order valence-corrected chi connectivity index (χ1v) is 8.24. The summed E-state index contributed by atoms with van der Waals surface area (Å²) in [6.07, 6.45) is 4.33. The number of benzene rings is 2. The Labute approximate surface area is 141 Å². The second-order valence-corrected chi connectivity index (χ2v) is 6.00. The van der Waals surface area contributed by atoms with E-state index in [1.165, 1.54) is 16.7 Å². The third-order valence-corrected chi connectivity index (χ3v) is 4.34. The van der Waals surface area contributed by atoms with Crippen molar-refractivity contribution in [2.24, 2.45) is 0 Å². The highest BCUT2D eigenvalue weighted by molar-refractivity contribution is 5.39. The van der Waals surface area contributed by atoms with Crippen LogP contribution in [0.2, 0.25) is 0 Å². The van der Waals surface area contributed by atoms with Gasteiger partial charge in [-0.15, -0.1) is 0 Å². The average molecular weight is 320 g/mol. The molecule has 122 valence electrons. The van der Waals surface area contributed by atoms with Crippen LogP contribution in [0, 0.1) is 0 Å². The largest absolute Gasteiger partial charge is 0.493 e. The van der Waals surface area contributed by atoms with Crippen molar-refractivity contribution in [3.05, 3.63) is 77.9 Å². The number of hydrogen-bond acceptors (Lipinski definition) is 4. The highest BCUT2D eigenvalue weighted by atomic mass is 16.5. The summed E-state index contributed by atoms with van der Waals surface area (Å²) in [5, 5.41) is 7.89. The van der Waals surface area contributed by atoms with E-state index in [4.69, 9.17) is 4.74 Å². The molecular weight excluding hydrogens is 300 g/mol. The summed E-state index contributed by atoms with van der Waals surface area (Å²) < 4.78 is 7.44. The van der Waals surface area contributed by atoms with Gasteiger partial charge in [-0.2, -0.15) is 5.10 Å². The van der Waals surface area contributed by atoms with Crippen molar-refractivity contribution < 1.29 is 4.74 Å². The predicted octanol–water partition coefficient (Wildman–Crippen LogP) is 2.74. The second-order valence-electron chi connectivity index (χ2n) is 6.00. The van der Waals surface area contributed by atoms with Gasteiger partial charge in [0.25, 0.3) is 0 Å². The summed E-state index contributed by atoms with van der Waals surface area (Å²) in [4.78, 5) is 4.04. The van der Waals surface area contributed by atoms with Gasteiger partial charge in [0.2, 0.25) is 0 Å². The third-order valence-electron chi connectivity index (χ3n) is 4.34. The predicted molar refractivity (Wildman–Crippen MR) is 91.7 cm³/mol. The average Bonchev–Trinajstić information content (AvgIpc) is 3.30. The van der Waals surface area contributed by atoms with Gasteiger partial charge in [0.1, 0.15) is 18.4 Å². The Kier molecular flexibility index (Phi) is 4.25. The van der Waals surface area contributed by atoms with Crippen LogP contribution < -0.4 is 10.1 Å². The Morgan fingerprint density at radius 2 is 2.08 bits per heavy atom. The van der Waals surface area contributed by atoms with E-state index < -0.39 is 0 Å². The van der Waals surface area contributed by atoms with E-state index in [-0.39, 0.29) is 6.04 Å². The number of ether oxygens (including phenoxy) is 1. The molecule has 5 heteroatoms. The van der Waals surface area contributed by atoms with E-state index in [1.807, 2.05) is 10.7 Å². The Balaban J connectivity index is 1.49. The Hall–Kier alpha value is -2.66. The van der Waals surface area contributed by atoms with Gasteiger partial charge in [0, 0.05) is 13.0 Å². The monoisotopic (exact) mass is 320 g/mol. The number of hydrogen-bond donors (Lipinski definition) is 1. The second kappa shape index (κ2) is 6.84. The number of nitrogens with zero attached hydrogens (tertiary/aromatic N) is 3. The fourth-order valence-corrected chi connectivity index (χ4v) is 3.08. The Morgan fingerprint density at radius 1 is 1.17 bits per heavy atom. The van der Waals surface area contributed by atoms with Crippen molar-refractivity contribution in [1.82, 2.24) is 20.1 Å². The zero-order valence-corrected chi connectivity index (χ0v) is 13.4. The van der Waals surface area contributed by atoms with Gasteiger partial charge < -0.3 is 10.1 Å². The number of nitrogens with one attached hydrogen (secondary N) is 1. The molecule has 24 heavy (non-hydrogen) atoms. The molecule has 0 bridgehead atoms. The molecule has 1 unspecified atom stereocenters. The molecule has 1 aliphatic heterocycles. The fraction of sp³-hybridized carbons (Fsp3) is 0.263. The van der Waals surface area contributed by atoms with Gasteiger partial charge in [-0.1, -0.05) is 42.5 Å². The molecule has 0 saturated heterocycles. The summed E-state index contributed by atoms with van der Waals surface area (Å²) in [7, 11) is 0. The van der Waals surface area contributed by atoms with Gasteiger partial charge in [-0.25, -0.2) is 4.98 Å². The van der Waals surface area contributed by atoms with Crippen molar-refractivity contribution >= 4 is 0 Å². The first-order valence-electron chi connectivity index (χ1n) is 8.24. The molecule has 1 N–H and O–H groups in total. The van der Waals surface area contributed by atoms with E-state index in [9.17, 15) is 0 Å². The fourth-order valence-electron chi connectivity index (χ4n) is 3.08. The van der Waals surface area contributed by atoms with Crippen molar-refractivity contribution in [3.8, 4) is 5.75 Å². The molecule has 3 aromatic rings. The van der Waals surface area contributed by atoms with Crippen molar-refractivity contribution in [2.75, 3.05) is 6.61 Å². The molecule has 5 nitrogen and oxygen atoms in total. The van der Waals surface area contributed by atoms with Gasteiger partial charge >= 0.3 is 0 Å². The lowest BCUT2D eigenvalue weighted by molar-refractivity contribution is 0.357. The molecule has 0 aliphatic carbocycles. The molecule has 0 radical (unpaired) electrons. The number of fused-ring (bicyclic) bond motifs is 1. The molecule has 1 aliphatic rings. The molecule has 4 rings (SSSR count). The van der Waals surface area contributed by atoms with Gasteiger partial charge in [-0.3, -0.25) is 4.68 Å². The van der Waals surface area contributed by atoms with E-state index in [2.05, 4.69) is 57.9 Å². The Morgan fingerprint density at radius 3 is 2.92 bits per heavy atom. The number of aromatic nitrogens is 3. The van der Waals surface area contributed by atoms with Crippen LogP contribution >= 0.6 is 0 Å². The maximum absolute atomic E-state index is 5.58. The summed E-state index contributed by atoms with van der Waals surface area (Å²) in [5.74, 6) is 1.03. The highest BCUT2D eigenvalue weighted by Gasteiger charge is 2.14. The third kappa shape index (κ3) is 3.31. The van der Waals surface area contributed by atoms with Crippen LogP contribution in [-0.2, 0) is 19.5 Å². The molecule has 0 fully saturated rings. The smallest absolute Gasteiger partial charge is 0.137 e. The topological polar surface area (TPSA) is 52.0 Å². The molecule has 2 aromatic carbocycles. The first kappa shape index (κ1) is 14.9. The van der Waals surface area contributed by atoms with E-state index in [0.29, 0.717) is 0 Å². The lowest BCUT2D eigenvalue weighted by Gasteiger charge is -2.19. The number of rotatable bonds is 6. The molecular formula is C19H20N4O. The van der Waals surface area contributed by atoms with Crippen molar-refractivity contribution in [1.29, 1.82) is 0 Å². The molecule has 1 atom stereocenters. The molecule has 0 saturated carbocycles. The van der Waals surface area contributed by atoms with Crippen LogP contribution in [0.1, 0.15) is 22.7 Å². The molecule has 0 spiro atoms.